The Morgan fingerprint density at radius 1 is 1.19 bits per heavy atom. The van der Waals surface area contributed by atoms with Crippen LogP contribution in [0, 0.1) is 6.92 Å². The molecule has 0 radical (unpaired) electrons. The second kappa shape index (κ2) is 8.70. The summed E-state index contributed by atoms with van der Waals surface area (Å²) in [5.41, 5.74) is 4.11. The first-order chi connectivity index (χ1) is 12.7. The lowest BCUT2D eigenvalue weighted by atomic mass is 10.0. The third-order valence-corrected chi connectivity index (χ3v) is 4.51. The number of aryl methyl sites for hydroxylation is 1. The molecule has 0 aliphatic heterocycles. The van der Waals surface area contributed by atoms with Crippen LogP contribution in [0.3, 0.4) is 0 Å². The molecule has 0 fully saturated rings. The molecule has 1 aromatic carbocycles. The first-order valence-electron chi connectivity index (χ1n) is 9.33. The van der Waals surface area contributed by atoms with Gasteiger partial charge in [0.1, 0.15) is 0 Å². The number of rotatable bonds is 6. The van der Waals surface area contributed by atoms with E-state index in [-0.39, 0.29) is 12.6 Å². The normalized spacial score (nSPS) is 14.5. The zero-order valence-electron chi connectivity index (χ0n) is 15.5. The summed E-state index contributed by atoms with van der Waals surface area (Å²) in [5, 5.41) is 4.71. The van der Waals surface area contributed by atoms with Crippen molar-refractivity contribution < 1.29 is 14.3 Å². The van der Waals surface area contributed by atoms with E-state index in [2.05, 4.69) is 6.08 Å². The summed E-state index contributed by atoms with van der Waals surface area (Å²) in [5.74, 6) is 0.252. The van der Waals surface area contributed by atoms with E-state index in [1.54, 1.807) is 11.6 Å². The van der Waals surface area contributed by atoms with Crippen molar-refractivity contribution in [1.82, 2.24) is 9.78 Å². The van der Waals surface area contributed by atoms with Gasteiger partial charge >= 0.3 is 5.97 Å². The Morgan fingerprint density at radius 3 is 2.77 bits per heavy atom. The number of benzene rings is 1. The molecule has 1 aromatic heterocycles. The minimum Gasteiger partial charge on any atom is -0.465 e. The topological polar surface area (TPSA) is 53.4 Å². The standard InChI is InChI=1S/C21H26N2O3/c1-3-25-19(24)15-26-21-20(17-11-7-4-5-8-12-17)16(2)22-23(21)18-13-9-6-10-14-18/h6,9-11,13-14H,3-5,7-8,12,15H2,1-2H3. The number of para-hydroxylation sites is 1. The predicted octanol–water partition coefficient (Wildman–Crippen LogP) is 4.47. The molecule has 1 aliphatic rings. The number of esters is 1. The molecule has 5 nitrogen and oxygen atoms in total. The second-order valence-corrected chi connectivity index (χ2v) is 6.44. The first kappa shape index (κ1) is 18.2. The molecule has 3 rings (SSSR count). The number of carbonyl (C=O) groups is 1. The highest BCUT2D eigenvalue weighted by Gasteiger charge is 2.22. The zero-order chi connectivity index (χ0) is 18.4. The van der Waals surface area contributed by atoms with Crippen molar-refractivity contribution in [2.45, 2.75) is 46.0 Å². The Hall–Kier alpha value is -2.56. The molecule has 5 heteroatoms. The maximum absolute atomic E-state index is 11.8. The van der Waals surface area contributed by atoms with Gasteiger partial charge in [0.15, 0.2) is 6.61 Å². The van der Waals surface area contributed by atoms with E-state index in [0.717, 1.165) is 29.8 Å². The molecule has 0 unspecified atom stereocenters. The van der Waals surface area contributed by atoms with Crippen LogP contribution in [0.4, 0.5) is 0 Å². The Balaban J connectivity index is 2.00. The van der Waals surface area contributed by atoms with Crippen molar-refractivity contribution in [3.05, 3.63) is 47.7 Å². The van der Waals surface area contributed by atoms with Crippen LogP contribution in [0.1, 0.15) is 50.3 Å². The van der Waals surface area contributed by atoms with Crippen molar-refractivity contribution in [3.63, 3.8) is 0 Å². The number of ether oxygens (including phenoxy) is 2. The van der Waals surface area contributed by atoms with Crippen LogP contribution in [-0.4, -0.2) is 29.0 Å². The van der Waals surface area contributed by atoms with Crippen molar-refractivity contribution in [1.29, 1.82) is 0 Å². The minimum absolute atomic E-state index is 0.119. The lowest BCUT2D eigenvalue weighted by molar-refractivity contribution is -0.145. The second-order valence-electron chi connectivity index (χ2n) is 6.44. The van der Waals surface area contributed by atoms with Gasteiger partial charge in [-0.05, 0) is 57.2 Å². The third-order valence-electron chi connectivity index (χ3n) is 4.51. The predicted molar refractivity (Wildman–Crippen MR) is 101 cm³/mol. The number of carbonyl (C=O) groups excluding carboxylic acids is 1. The molecule has 26 heavy (non-hydrogen) atoms. The first-order valence-corrected chi connectivity index (χ1v) is 9.33. The van der Waals surface area contributed by atoms with Gasteiger partial charge in [0.25, 0.3) is 0 Å². The van der Waals surface area contributed by atoms with Gasteiger partial charge in [-0.1, -0.05) is 30.7 Å². The molecule has 0 saturated heterocycles. The van der Waals surface area contributed by atoms with Gasteiger partial charge in [-0.15, -0.1) is 0 Å². The summed E-state index contributed by atoms with van der Waals surface area (Å²) in [6, 6.07) is 9.86. The molecule has 1 heterocycles. The monoisotopic (exact) mass is 354 g/mol. The van der Waals surface area contributed by atoms with Gasteiger partial charge in [-0.2, -0.15) is 5.10 Å². The average Bonchev–Trinajstić information content (AvgIpc) is 2.82. The molecular formula is C21H26N2O3. The SMILES string of the molecule is CCOC(=O)COc1c(C2=CCCCCC2)c(C)nn1-c1ccccc1. The number of hydrogen-bond acceptors (Lipinski definition) is 4. The minimum atomic E-state index is -0.369. The van der Waals surface area contributed by atoms with Gasteiger partial charge < -0.3 is 9.47 Å². The van der Waals surface area contributed by atoms with E-state index in [0.29, 0.717) is 12.5 Å². The number of nitrogens with zero attached hydrogens (tertiary/aromatic N) is 2. The van der Waals surface area contributed by atoms with Crippen molar-refractivity contribution >= 4 is 11.5 Å². The van der Waals surface area contributed by atoms with Crippen molar-refractivity contribution in [3.8, 4) is 11.6 Å². The van der Waals surface area contributed by atoms with Crippen molar-refractivity contribution in [2.75, 3.05) is 13.2 Å². The van der Waals surface area contributed by atoms with E-state index in [1.807, 2.05) is 37.3 Å². The summed E-state index contributed by atoms with van der Waals surface area (Å²) in [7, 11) is 0. The van der Waals surface area contributed by atoms with Crippen molar-refractivity contribution in [2.24, 2.45) is 0 Å². The molecule has 0 N–H and O–H groups in total. The van der Waals surface area contributed by atoms with E-state index in [4.69, 9.17) is 14.6 Å². The van der Waals surface area contributed by atoms with E-state index < -0.39 is 0 Å². The lowest BCUT2D eigenvalue weighted by Gasteiger charge is -2.12. The van der Waals surface area contributed by atoms with E-state index in [1.165, 1.54) is 24.8 Å². The Labute approximate surface area is 154 Å². The van der Waals surface area contributed by atoms with Gasteiger partial charge in [-0.3, -0.25) is 0 Å². The summed E-state index contributed by atoms with van der Waals surface area (Å²) >= 11 is 0. The third kappa shape index (κ3) is 4.15. The fourth-order valence-electron chi connectivity index (χ4n) is 3.33. The molecule has 2 aromatic rings. The molecule has 0 atom stereocenters. The molecule has 0 saturated carbocycles. The highest BCUT2D eigenvalue weighted by Crippen LogP contribution is 2.36. The van der Waals surface area contributed by atoms with Gasteiger partial charge in [0.2, 0.25) is 5.88 Å². The molecule has 0 amide bonds. The molecule has 138 valence electrons. The zero-order valence-corrected chi connectivity index (χ0v) is 15.5. The Bertz CT molecular complexity index is 778. The molecule has 0 spiro atoms. The van der Waals surface area contributed by atoms with Gasteiger partial charge in [0.05, 0.1) is 23.6 Å². The number of hydrogen-bond donors (Lipinski definition) is 0. The lowest BCUT2D eigenvalue weighted by Crippen LogP contribution is -2.16. The highest BCUT2D eigenvalue weighted by molar-refractivity contribution is 5.74. The van der Waals surface area contributed by atoms with Crippen LogP contribution in [0.15, 0.2) is 36.4 Å². The van der Waals surface area contributed by atoms with E-state index in [9.17, 15) is 4.79 Å². The van der Waals surface area contributed by atoms with Crippen LogP contribution in [-0.2, 0) is 9.53 Å². The quantitative estimate of drug-likeness (QED) is 0.718. The fourth-order valence-corrected chi connectivity index (χ4v) is 3.33. The summed E-state index contributed by atoms with van der Waals surface area (Å²) in [4.78, 5) is 11.8. The molecular weight excluding hydrogens is 328 g/mol. The van der Waals surface area contributed by atoms with E-state index >= 15 is 0 Å². The summed E-state index contributed by atoms with van der Waals surface area (Å²) in [6.45, 7) is 4.01. The number of aromatic nitrogens is 2. The summed E-state index contributed by atoms with van der Waals surface area (Å²) < 4.78 is 12.7. The average molecular weight is 354 g/mol. The molecule has 1 aliphatic carbocycles. The summed E-state index contributed by atoms with van der Waals surface area (Å²) in [6.07, 6.45) is 8.00. The highest BCUT2D eigenvalue weighted by atomic mass is 16.6. The Kier molecular flexibility index (Phi) is 6.10. The fraction of sp³-hybridized carbons (Fsp3) is 0.429. The van der Waals surface area contributed by atoms with Gasteiger partial charge in [0, 0.05) is 0 Å². The van der Waals surface area contributed by atoms with Crippen LogP contribution in [0.2, 0.25) is 0 Å². The smallest absolute Gasteiger partial charge is 0.344 e. The maximum Gasteiger partial charge on any atom is 0.344 e. The van der Waals surface area contributed by atoms with Crippen LogP contribution in [0.25, 0.3) is 11.3 Å². The van der Waals surface area contributed by atoms with Crippen LogP contribution in [0.5, 0.6) is 5.88 Å². The van der Waals surface area contributed by atoms with Gasteiger partial charge in [-0.25, -0.2) is 9.48 Å². The number of allylic oxidation sites excluding steroid dienone is 2. The van der Waals surface area contributed by atoms with Crippen LogP contribution < -0.4 is 4.74 Å². The van der Waals surface area contributed by atoms with Crippen LogP contribution >= 0.6 is 0 Å². The largest absolute Gasteiger partial charge is 0.465 e. The Morgan fingerprint density at radius 2 is 2.00 bits per heavy atom. The molecule has 0 bridgehead atoms. The maximum atomic E-state index is 11.8.